The third-order valence-corrected chi connectivity index (χ3v) is 10.1. The third kappa shape index (κ3) is 5.94. The minimum Gasteiger partial charge on any atom is -0.497 e. The Labute approximate surface area is 292 Å². The first-order valence-electron chi connectivity index (χ1n) is 16.8. The SMILES string of the molecule is COc1ccc2ccc3c(c2c1)C(C)(C)C(/C=C/C(C#N)=C/C=C1/N(CCOC=O)c2ccc4ccc(C)cc4c2C1(C)C)=[N+]3CCC(=O)O. The second-order valence-electron chi connectivity index (χ2n) is 13.9. The van der Waals surface area contributed by atoms with Gasteiger partial charge in [0.15, 0.2) is 12.3 Å². The van der Waals surface area contributed by atoms with E-state index in [0.29, 0.717) is 18.6 Å². The highest BCUT2D eigenvalue weighted by molar-refractivity contribution is 6.08. The highest BCUT2D eigenvalue weighted by Gasteiger charge is 2.46. The first-order valence-corrected chi connectivity index (χ1v) is 16.8. The van der Waals surface area contributed by atoms with E-state index in [1.165, 1.54) is 16.5 Å². The van der Waals surface area contributed by atoms with Crippen LogP contribution in [0.4, 0.5) is 11.4 Å². The largest absolute Gasteiger partial charge is 0.497 e. The summed E-state index contributed by atoms with van der Waals surface area (Å²) in [6, 6.07) is 23.2. The van der Waals surface area contributed by atoms with E-state index in [2.05, 4.69) is 86.6 Å². The van der Waals surface area contributed by atoms with Crippen LogP contribution in [-0.4, -0.2) is 54.6 Å². The first-order chi connectivity index (χ1) is 23.9. The van der Waals surface area contributed by atoms with E-state index in [1.807, 2.05) is 48.6 Å². The van der Waals surface area contributed by atoms with Gasteiger partial charge >= 0.3 is 5.97 Å². The van der Waals surface area contributed by atoms with Crippen LogP contribution in [0.5, 0.6) is 5.75 Å². The number of rotatable bonds is 11. The lowest BCUT2D eigenvalue weighted by atomic mass is 9.79. The molecule has 6 rings (SSSR count). The first kappa shape index (κ1) is 34.2. The molecule has 8 heteroatoms. The molecule has 254 valence electrons. The van der Waals surface area contributed by atoms with Crippen LogP contribution < -0.4 is 9.64 Å². The molecule has 2 aliphatic heterocycles. The van der Waals surface area contributed by atoms with Crippen molar-refractivity contribution in [2.75, 3.05) is 31.7 Å². The van der Waals surface area contributed by atoms with E-state index in [0.717, 1.165) is 50.3 Å². The molecule has 4 aromatic rings. The minimum atomic E-state index is -0.877. The number of nitrogens with zero attached hydrogens (tertiary/aromatic N) is 3. The van der Waals surface area contributed by atoms with Crippen molar-refractivity contribution >= 4 is 51.1 Å². The lowest BCUT2D eigenvalue weighted by molar-refractivity contribution is -0.436. The lowest BCUT2D eigenvalue weighted by Crippen LogP contribution is -2.29. The van der Waals surface area contributed by atoms with Crippen LogP contribution in [0, 0.1) is 18.3 Å². The number of hydrogen-bond donors (Lipinski definition) is 1. The number of hydrogen-bond acceptors (Lipinski definition) is 6. The summed E-state index contributed by atoms with van der Waals surface area (Å²) in [6.45, 7) is 12.2. The van der Waals surface area contributed by atoms with Crippen LogP contribution in [-0.2, 0) is 25.2 Å². The average molecular weight is 669 g/mol. The van der Waals surface area contributed by atoms with Crippen LogP contribution >= 0.6 is 0 Å². The molecule has 0 fully saturated rings. The van der Waals surface area contributed by atoms with Crippen molar-refractivity contribution in [3.05, 3.63) is 113 Å². The Morgan fingerprint density at radius 2 is 1.68 bits per heavy atom. The summed E-state index contributed by atoms with van der Waals surface area (Å²) in [6.07, 6.45) is 7.54. The summed E-state index contributed by atoms with van der Waals surface area (Å²) < 4.78 is 12.7. The molecule has 50 heavy (non-hydrogen) atoms. The number of carbonyl (C=O) groups is 2. The van der Waals surface area contributed by atoms with E-state index < -0.39 is 16.8 Å². The number of allylic oxidation sites excluding steroid dienone is 6. The molecule has 0 amide bonds. The number of fused-ring (bicyclic) bond motifs is 6. The molecule has 1 N–H and O–H groups in total. The molecule has 2 heterocycles. The summed E-state index contributed by atoms with van der Waals surface area (Å²) in [5, 5.41) is 24.4. The zero-order valence-corrected chi connectivity index (χ0v) is 29.4. The predicted octanol–water partition coefficient (Wildman–Crippen LogP) is 8.02. The van der Waals surface area contributed by atoms with E-state index in [9.17, 15) is 20.0 Å². The van der Waals surface area contributed by atoms with Crippen LogP contribution in [0.1, 0.15) is 50.8 Å². The molecule has 0 saturated carbocycles. The zero-order chi connectivity index (χ0) is 35.8. The summed E-state index contributed by atoms with van der Waals surface area (Å²) in [5.41, 5.74) is 6.87. The van der Waals surface area contributed by atoms with Crippen LogP contribution in [0.3, 0.4) is 0 Å². The predicted molar refractivity (Wildman–Crippen MR) is 198 cm³/mol. The number of aliphatic carboxylic acids is 1. The van der Waals surface area contributed by atoms with Crippen molar-refractivity contribution in [1.82, 2.24) is 0 Å². The fourth-order valence-electron chi connectivity index (χ4n) is 7.74. The summed E-state index contributed by atoms with van der Waals surface area (Å²) in [4.78, 5) is 24.9. The van der Waals surface area contributed by atoms with Gasteiger partial charge in [0.25, 0.3) is 6.47 Å². The Morgan fingerprint density at radius 1 is 0.980 bits per heavy atom. The van der Waals surface area contributed by atoms with Gasteiger partial charge in [0.05, 0.1) is 30.7 Å². The standard InChI is InChI=1S/C42H41N3O5/c1-27-7-10-29-12-16-35-39(32(29)23-27)42(4,5)37(45(35)21-22-50-26-46)18-9-28(25-43)8-17-36-41(2,3)40-33-24-31(49-6)14-11-30(33)13-15-34(40)44(36)20-19-38(47)48/h7-18,23-24,26H,19-22H2,1-6H3/p+1. The monoisotopic (exact) mass is 668 g/mol. The third-order valence-electron chi connectivity index (χ3n) is 10.1. The maximum absolute atomic E-state index is 11.7. The number of carboxylic acids is 1. The Morgan fingerprint density at radius 3 is 2.38 bits per heavy atom. The number of carboxylic acid groups (broad SMARTS) is 1. The van der Waals surface area contributed by atoms with Gasteiger partial charge in [0.2, 0.25) is 5.69 Å². The van der Waals surface area contributed by atoms with Crippen molar-refractivity contribution in [2.45, 2.75) is 51.9 Å². The Bertz CT molecular complexity index is 2210. The molecule has 8 nitrogen and oxygen atoms in total. The minimum absolute atomic E-state index is 0.0381. The van der Waals surface area contributed by atoms with Crippen molar-refractivity contribution in [1.29, 1.82) is 5.26 Å². The highest BCUT2D eigenvalue weighted by Crippen LogP contribution is 2.51. The molecule has 0 radical (unpaired) electrons. The number of nitriles is 1. The summed E-state index contributed by atoms with van der Waals surface area (Å²) >= 11 is 0. The Balaban J connectivity index is 1.43. The van der Waals surface area contributed by atoms with Gasteiger partial charge in [0, 0.05) is 34.5 Å². The second kappa shape index (κ2) is 13.3. The maximum atomic E-state index is 11.7. The highest BCUT2D eigenvalue weighted by atomic mass is 16.5. The lowest BCUT2D eigenvalue weighted by Gasteiger charge is -2.26. The molecule has 0 saturated heterocycles. The molecule has 0 atom stereocenters. The molecular weight excluding hydrogens is 626 g/mol. The number of methoxy groups -OCH3 is 1. The van der Waals surface area contributed by atoms with Crippen LogP contribution in [0.2, 0.25) is 0 Å². The quantitative estimate of drug-likeness (QED) is 0.0568. The van der Waals surface area contributed by atoms with Gasteiger partial charge in [-0.25, -0.2) is 0 Å². The molecule has 0 aliphatic carbocycles. The molecule has 0 unspecified atom stereocenters. The number of aryl methyl sites for hydroxylation is 1. The zero-order valence-electron chi connectivity index (χ0n) is 29.4. The van der Waals surface area contributed by atoms with Crippen LogP contribution in [0.15, 0.2) is 96.2 Å². The van der Waals surface area contributed by atoms with Gasteiger partial charge in [-0.3, -0.25) is 9.59 Å². The van der Waals surface area contributed by atoms with E-state index in [1.54, 1.807) is 7.11 Å². The van der Waals surface area contributed by atoms with Crippen molar-refractivity contribution in [2.24, 2.45) is 0 Å². The number of carbonyl (C=O) groups excluding carboxylic acids is 1. The molecule has 0 spiro atoms. The Hall–Kier alpha value is -5.68. The summed E-state index contributed by atoms with van der Waals surface area (Å²) in [5.74, 6) is -0.130. The topological polar surface area (TPSA) is 103 Å². The fraction of sp³-hybridized carbons (Fsp3) is 0.286. The van der Waals surface area contributed by atoms with Gasteiger partial charge in [-0.2, -0.15) is 9.84 Å². The van der Waals surface area contributed by atoms with Gasteiger partial charge < -0.3 is 19.5 Å². The molecule has 2 aliphatic rings. The second-order valence-corrected chi connectivity index (χ2v) is 13.9. The fourth-order valence-corrected chi connectivity index (χ4v) is 7.74. The number of anilines is 1. The smallest absolute Gasteiger partial charge is 0.309 e. The van der Waals surface area contributed by atoms with E-state index in [-0.39, 0.29) is 19.6 Å². The van der Waals surface area contributed by atoms with Crippen molar-refractivity contribution in [3.63, 3.8) is 0 Å². The number of benzene rings is 4. The maximum Gasteiger partial charge on any atom is 0.309 e. The molecule has 4 aromatic carbocycles. The van der Waals surface area contributed by atoms with E-state index in [4.69, 9.17) is 9.47 Å². The molecule has 0 bridgehead atoms. The number of ether oxygens (including phenoxy) is 2. The van der Waals surface area contributed by atoms with Gasteiger partial charge in [-0.15, -0.1) is 0 Å². The van der Waals surface area contributed by atoms with E-state index >= 15 is 0 Å². The average Bonchev–Trinajstić information content (AvgIpc) is 3.45. The van der Waals surface area contributed by atoms with Gasteiger partial charge in [-0.05, 0) is 90.4 Å². The van der Waals surface area contributed by atoms with Gasteiger partial charge in [-0.1, -0.05) is 49.7 Å². The summed E-state index contributed by atoms with van der Waals surface area (Å²) in [7, 11) is 1.65. The van der Waals surface area contributed by atoms with Crippen LogP contribution in [0.25, 0.3) is 21.5 Å². The van der Waals surface area contributed by atoms with Crippen molar-refractivity contribution in [3.8, 4) is 11.8 Å². The normalized spacial score (nSPS) is 17.0. The van der Waals surface area contributed by atoms with Crippen molar-refractivity contribution < 1.29 is 28.7 Å². The molecule has 0 aromatic heterocycles. The molecular formula is C42H42N3O5+. The Kier molecular flexibility index (Phi) is 9.11. The van der Waals surface area contributed by atoms with Gasteiger partial charge in [0.1, 0.15) is 18.8 Å².